The highest BCUT2D eigenvalue weighted by Crippen LogP contribution is 2.36. The van der Waals surface area contributed by atoms with Crippen molar-refractivity contribution in [1.29, 1.82) is 0 Å². The van der Waals surface area contributed by atoms with E-state index in [2.05, 4.69) is 4.98 Å². The van der Waals surface area contributed by atoms with Crippen molar-refractivity contribution in [3.8, 4) is 5.75 Å². The molecule has 0 saturated heterocycles. The number of rotatable bonds is 5. The molecule has 7 nitrogen and oxygen atoms in total. The summed E-state index contributed by atoms with van der Waals surface area (Å²) in [5, 5.41) is 0. The average molecular weight is 335 g/mol. The Bertz CT molecular complexity index is 632. The van der Waals surface area contributed by atoms with Gasteiger partial charge in [0.15, 0.2) is 17.7 Å². The Balaban J connectivity index is 2.40. The highest BCUT2D eigenvalue weighted by Gasteiger charge is 2.42. The van der Waals surface area contributed by atoms with Crippen LogP contribution in [0.3, 0.4) is 0 Å². The normalized spacial score (nSPS) is 19.5. The van der Waals surface area contributed by atoms with Gasteiger partial charge in [-0.1, -0.05) is 20.8 Å². The summed E-state index contributed by atoms with van der Waals surface area (Å²) in [6.07, 6.45) is -0.196. The Kier molecular flexibility index (Phi) is 5.31. The van der Waals surface area contributed by atoms with E-state index >= 15 is 0 Å². The smallest absolute Gasteiger partial charge is 0.329 e. The highest BCUT2D eigenvalue weighted by atomic mass is 16.5. The monoisotopic (exact) mass is 335 g/mol. The van der Waals surface area contributed by atoms with E-state index < -0.39 is 18.1 Å². The number of nitrogens with zero attached hydrogens (tertiary/aromatic N) is 2. The molecule has 1 aliphatic heterocycles. The van der Waals surface area contributed by atoms with E-state index in [0.29, 0.717) is 12.2 Å². The number of fused-ring (bicyclic) bond motifs is 1. The molecule has 7 heteroatoms. The number of nitrogens with two attached hydrogens (primary N) is 1. The van der Waals surface area contributed by atoms with E-state index in [4.69, 9.17) is 15.2 Å². The van der Waals surface area contributed by atoms with E-state index in [1.807, 2.05) is 27.7 Å². The maximum Gasteiger partial charge on any atom is 0.329 e. The van der Waals surface area contributed by atoms with Gasteiger partial charge in [-0.3, -0.25) is 9.69 Å². The summed E-state index contributed by atoms with van der Waals surface area (Å²) in [5.41, 5.74) is 5.74. The lowest BCUT2D eigenvalue weighted by Crippen LogP contribution is -2.54. The number of anilines is 2. The third-order valence-corrected chi connectivity index (χ3v) is 4.05. The number of nitrogen functional groups attached to an aromatic ring is 1. The van der Waals surface area contributed by atoms with Crippen molar-refractivity contribution >= 4 is 23.5 Å². The number of hydrogen-bond acceptors (Lipinski definition) is 6. The predicted octanol–water partition coefficient (Wildman–Crippen LogP) is 2.14. The molecule has 0 aliphatic carbocycles. The van der Waals surface area contributed by atoms with Gasteiger partial charge in [-0.05, 0) is 38.3 Å². The molecular formula is C17H25N3O4. The van der Waals surface area contributed by atoms with Gasteiger partial charge in [0, 0.05) is 0 Å². The molecule has 0 radical (unpaired) electrons. The lowest BCUT2D eigenvalue weighted by molar-refractivity contribution is -0.151. The van der Waals surface area contributed by atoms with Crippen LogP contribution in [0.1, 0.15) is 41.0 Å². The molecule has 0 fully saturated rings. The summed E-state index contributed by atoms with van der Waals surface area (Å²) in [6.45, 7) is 9.14. The van der Waals surface area contributed by atoms with E-state index in [9.17, 15) is 9.59 Å². The minimum Gasteiger partial charge on any atom is -0.476 e. The molecule has 1 aliphatic rings. The number of aromatic nitrogens is 1. The van der Waals surface area contributed by atoms with Crippen LogP contribution in [-0.2, 0) is 14.3 Å². The first-order valence-corrected chi connectivity index (χ1v) is 8.23. The second kappa shape index (κ2) is 7.07. The fraction of sp³-hybridized carbons (Fsp3) is 0.588. The molecule has 1 aromatic heterocycles. The average Bonchev–Trinajstić information content (AvgIpc) is 2.53. The number of carbonyl (C=O) groups is 2. The molecular weight excluding hydrogens is 310 g/mol. The Labute approximate surface area is 142 Å². The van der Waals surface area contributed by atoms with Crippen LogP contribution >= 0.6 is 0 Å². The van der Waals surface area contributed by atoms with Crippen molar-refractivity contribution in [3.63, 3.8) is 0 Å². The van der Waals surface area contributed by atoms with Crippen LogP contribution in [0.5, 0.6) is 5.75 Å². The number of pyridine rings is 1. The first kappa shape index (κ1) is 18.0. The molecule has 0 aromatic carbocycles. The van der Waals surface area contributed by atoms with Crippen LogP contribution in [0.25, 0.3) is 0 Å². The lowest BCUT2D eigenvalue weighted by Gasteiger charge is -2.37. The van der Waals surface area contributed by atoms with Crippen molar-refractivity contribution < 1.29 is 19.1 Å². The molecule has 3 unspecified atom stereocenters. The summed E-state index contributed by atoms with van der Waals surface area (Å²) in [4.78, 5) is 30.8. The zero-order chi connectivity index (χ0) is 18.0. The molecule has 3 atom stereocenters. The molecule has 1 aromatic rings. The van der Waals surface area contributed by atoms with Gasteiger partial charge in [0.2, 0.25) is 0 Å². The van der Waals surface area contributed by atoms with Gasteiger partial charge in [-0.25, -0.2) is 9.78 Å². The lowest BCUT2D eigenvalue weighted by atomic mass is 10.0. The summed E-state index contributed by atoms with van der Waals surface area (Å²) >= 11 is 0. The Morgan fingerprint density at radius 3 is 2.62 bits per heavy atom. The van der Waals surface area contributed by atoms with Gasteiger partial charge in [0.05, 0.1) is 6.10 Å². The Morgan fingerprint density at radius 2 is 2.04 bits per heavy atom. The molecule has 132 valence electrons. The molecule has 0 saturated carbocycles. The van der Waals surface area contributed by atoms with Crippen molar-refractivity contribution in [2.75, 3.05) is 10.6 Å². The number of hydrogen-bond donors (Lipinski definition) is 1. The third kappa shape index (κ3) is 3.44. The van der Waals surface area contributed by atoms with Crippen LogP contribution in [0, 0.1) is 5.92 Å². The number of ether oxygens (including phenoxy) is 2. The van der Waals surface area contributed by atoms with Gasteiger partial charge in [0.1, 0.15) is 11.9 Å². The number of amides is 1. The second-order valence-electron chi connectivity index (χ2n) is 6.38. The molecule has 2 rings (SSSR count). The van der Waals surface area contributed by atoms with Gasteiger partial charge in [-0.2, -0.15) is 0 Å². The molecule has 1 amide bonds. The van der Waals surface area contributed by atoms with Gasteiger partial charge in [0.25, 0.3) is 5.91 Å². The molecule has 24 heavy (non-hydrogen) atoms. The Morgan fingerprint density at radius 1 is 1.38 bits per heavy atom. The van der Waals surface area contributed by atoms with E-state index in [-0.39, 0.29) is 29.6 Å². The summed E-state index contributed by atoms with van der Waals surface area (Å²) in [7, 11) is 0. The number of carbonyl (C=O) groups excluding carboxylic acids is 2. The van der Waals surface area contributed by atoms with Crippen LogP contribution < -0.4 is 15.4 Å². The highest BCUT2D eigenvalue weighted by molar-refractivity contribution is 6.03. The fourth-order valence-corrected chi connectivity index (χ4v) is 2.42. The van der Waals surface area contributed by atoms with E-state index in [1.54, 1.807) is 19.1 Å². The van der Waals surface area contributed by atoms with Gasteiger partial charge >= 0.3 is 5.97 Å². The minimum atomic E-state index is -0.815. The van der Waals surface area contributed by atoms with Gasteiger partial charge in [-0.15, -0.1) is 0 Å². The second-order valence-corrected chi connectivity index (χ2v) is 6.38. The topological polar surface area (TPSA) is 94.8 Å². The summed E-state index contributed by atoms with van der Waals surface area (Å²) < 4.78 is 11.1. The maximum absolute atomic E-state index is 12.9. The SMILES string of the molecule is CCC(C)OC(=O)C(C)N1C(=O)C(C(C)C)Oc2ccc(N)nc21. The number of esters is 1. The molecule has 0 bridgehead atoms. The third-order valence-electron chi connectivity index (χ3n) is 4.05. The van der Waals surface area contributed by atoms with E-state index in [0.717, 1.165) is 0 Å². The molecule has 2 heterocycles. The van der Waals surface area contributed by atoms with Crippen molar-refractivity contribution in [3.05, 3.63) is 12.1 Å². The van der Waals surface area contributed by atoms with Crippen molar-refractivity contribution in [2.45, 2.75) is 59.3 Å². The van der Waals surface area contributed by atoms with Crippen LogP contribution in [0.4, 0.5) is 11.6 Å². The molecule has 2 N–H and O–H groups in total. The fourth-order valence-electron chi connectivity index (χ4n) is 2.42. The minimum absolute atomic E-state index is 0.0523. The first-order chi connectivity index (χ1) is 11.3. The standard InChI is InChI=1S/C17H25N3O4/c1-6-10(4)23-17(22)11(5)20-15-12(7-8-13(18)19-15)24-14(9(2)3)16(20)21/h7-11,14H,6H2,1-5H3,(H2,18,19). The Hall–Kier alpha value is -2.31. The largest absolute Gasteiger partial charge is 0.476 e. The van der Waals surface area contributed by atoms with Crippen LogP contribution in [0.2, 0.25) is 0 Å². The quantitative estimate of drug-likeness (QED) is 0.829. The van der Waals surface area contributed by atoms with Gasteiger partial charge < -0.3 is 15.2 Å². The zero-order valence-corrected chi connectivity index (χ0v) is 14.8. The summed E-state index contributed by atoms with van der Waals surface area (Å²) in [5.74, 6) is 0.0989. The first-order valence-electron chi connectivity index (χ1n) is 8.23. The van der Waals surface area contributed by atoms with Crippen molar-refractivity contribution in [2.24, 2.45) is 5.92 Å². The molecule has 0 spiro atoms. The van der Waals surface area contributed by atoms with Crippen LogP contribution in [-0.4, -0.2) is 35.1 Å². The van der Waals surface area contributed by atoms with Crippen LogP contribution in [0.15, 0.2) is 12.1 Å². The zero-order valence-electron chi connectivity index (χ0n) is 14.8. The summed E-state index contributed by atoms with van der Waals surface area (Å²) in [6, 6.07) is 2.45. The van der Waals surface area contributed by atoms with E-state index in [1.165, 1.54) is 4.90 Å². The van der Waals surface area contributed by atoms with Crippen molar-refractivity contribution in [1.82, 2.24) is 4.98 Å². The maximum atomic E-state index is 12.9. The predicted molar refractivity (Wildman–Crippen MR) is 90.7 cm³/mol.